The van der Waals surface area contributed by atoms with Crippen LogP contribution in [0.3, 0.4) is 0 Å². The molecular formula is C22H21ClN2O2S. The Bertz CT molecular complexity index is 945. The number of thiophene rings is 1. The predicted octanol–water partition coefficient (Wildman–Crippen LogP) is 4.91. The van der Waals surface area contributed by atoms with Crippen LogP contribution in [0.5, 0.6) is 5.75 Å². The molecule has 0 bridgehead atoms. The number of rotatable bonds is 7. The molecule has 1 aliphatic rings. The van der Waals surface area contributed by atoms with Gasteiger partial charge in [-0.05, 0) is 54.1 Å². The van der Waals surface area contributed by atoms with Gasteiger partial charge < -0.3 is 10.1 Å². The largest absolute Gasteiger partial charge is 0.487 e. The molecule has 4 rings (SSSR count). The van der Waals surface area contributed by atoms with Gasteiger partial charge in [-0.1, -0.05) is 17.7 Å². The number of amides is 1. The summed E-state index contributed by atoms with van der Waals surface area (Å²) in [5.74, 6) is 0.927. The topological polar surface area (TPSA) is 51.2 Å². The Hall–Kier alpha value is -2.37. The number of nitrogens with one attached hydrogen (secondary N) is 1. The maximum atomic E-state index is 12.2. The van der Waals surface area contributed by atoms with Gasteiger partial charge in [-0.25, -0.2) is 0 Å². The number of hydrogen-bond acceptors (Lipinski definition) is 4. The quantitative estimate of drug-likeness (QED) is 0.600. The lowest BCUT2D eigenvalue weighted by atomic mass is 10.0. The Morgan fingerprint density at radius 2 is 2.14 bits per heavy atom. The van der Waals surface area contributed by atoms with Crippen LogP contribution in [0.4, 0.5) is 0 Å². The lowest BCUT2D eigenvalue weighted by Crippen LogP contribution is -2.34. The van der Waals surface area contributed by atoms with Crippen molar-refractivity contribution in [1.29, 1.82) is 0 Å². The Labute approximate surface area is 173 Å². The summed E-state index contributed by atoms with van der Waals surface area (Å²) >= 11 is 8.05. The summed E-state index contributed by atoms with van der Waals surface area (Å²) in [5, 5.41) is 5.76. The molecule has 1 N–H and O–H groups in total. The second kappa shape index (κ2) is 8.76. The zero-order valence-corrected chi connectivity index (χ0v) is 16.9. The van der Waals surface area contributed by atoms with Crippen LogP contribution in [0.25, 0.3) is 11.1 Å². The molecule has 1 aliphatic heterocycles. The number of carbonyl (C=O) groups is 1. The molecule has 1 amide bonds. The molecule has 28 heavy (non-hydrogen) atoms. The van der Waals surface area contributed by atoms with Crippen LogP contribution in [0.2, 0.25) is 5.02 Å². The smallest absolute Gasteiger partial charge is 0.220 e. The van der Waals surface area contributed by atoms with E-state index in [4.69, 9.17) is 16.3 Å². The Morgan fingerprint density at radius 1 is 1.29 bits per heavy atom. The number of carbonyl (C=O) groups excluding carboxylic acids is 1. The van der Waals surface area contributed by atoms with Crippen molar-refractivity contribution in [3.63, 3.8) is 0 Å². The molecule has 1 unspecified atom stereocenters. The van der Waals surface area contributed by atoms with Crippen molar-refractivity contribution < 1.29 is 9.53 Å². The van der Waals surface area contributed by atoms with Gasteiger partial charge in [-0.15, -0.1) is 11.3 Å². The third-order valence-corrected chi connectivity index (χ3v) is 5.94. The molecule has 1 atom stereocenters. The summed E-state index contributed by atoms with van der Waals surface area (Å²) in [4.78, 5) is 17.5. The molecule has 144 valence electrons. The SMILES string of the molecule is O=C(CCCc1cccs1)NCC1Cc2cc(Cl)cc(-c3ccncc3)c2O1. The monoisotopic (exact) mass is 412 g/mol. The lowest BCUT2D eigenvalue weighted by Gasteiger charge is -2.14. The summed E-state index contributed by atoms with van der Waals surface area (Å²) < 4.78 is 6.17. The fraction of sp³-hybridized carbons (Fsp3) is 0.273. The lowest BCUT2D eigenvalue weighted by molar-refractivity contribution is -0.121. The van der Waals surface area contributed by atoms with E-state index in [9.17, 15) is 4.79 Å². The Kier molecular flexibility index (Phi) is 5.93. The first-order valence-electron chi connectivity index (χ1n) is 9.37. The van der Waals surface area contributed by atoms with Crippen molar-refractivity contribution in [3.8, 4) is 16.9 Å². The normalized spacial score (nSPS) is 15.1. The summed E-state index contributed by atoms with van der Waals surface area (Å²) in [5.41, 5.74) is 3.07. The fourth-order valence-corrected chi connectivity index (χ4v) is 4.44. The van der Waals surface area contributed by atoms with E-state index in [2.05, 4.69) is 21.7 Å². The molecule has 0 saturated heterocycles. The highest BCUT2D eigenvalue weighted by Gasteiger charge is 2.27. The van der Waals surface area contributed by atoms with Crippen LogP contribution in [0.15, 0.2) is 54.2 Å². The van der Waals surface area contributed by atoms with E-state index in [-0.39, 0.29) is 12.0 Å². The predicted molar refractivity (Wildman–Crippen MR) is 113 cm³/mol. The molecule has 4 nitrogen and oxygen atoms in total. The molecule has 0 radical (unpaired) electrons. The average Bonchev–Trinajstić information content (AvgIpc) is 3.36. The maximum absolute atomic E-state index is 12.2. The first-order chi connectivity index (χ1) is 13.7. The third-order valence-electron chi connectivity index (χ3n) is 4.79. The molecule has 0 spiro atoms. The molecule has 1 aromatic carbocycles. The zero-order chi connectivity index (χ0) is 19.3. The summed E-state index contributed by atoms with van der Waals surface area (Å²) in [6, 6.07) is 11.9. The van der Waals surface area contributed by atoms with Crippen LogP contribution in [0, 0.1) is 0 Å². The molecule has 3 aromatic rings. The number of hydrogen-bond donors (Lipinski definition) is 1. The second-order valence-corrected chi connectivity index (χ2v) is 8.33. The van der Waals surface area contributed by atoms with Gasteiger partial charge in [0.15, 0.2) is 0 Å². The van der Waals surface area contributed by atoms with E-state index < -0.39 is 0 Å². The number of fused-ring (bicyclic) bond motifs is 1. The number of benzene rings is 1. The second-order valence-electron chi connectivity index (χ2n) is 6.86. The number of nitrogens with zero attached hydrogens (tertiary/aromatic N) is 1. The molecule has 2 aromatic heterocycles. The first kappa shape index (κ1) is 19.0. The molecule has 0 aliphatic carbocycles. The maximum Gasteiger partial charge on any atom is 0.220 e. The highest BCUT2D eigenvalue weighted by Crippen LogP contribution is 2.40. The number of aromatic nitrogens is 1. The van der Waals surface area contributed by atoms with E-state index >= 15 is 0 Å². The van der Waals surface area contributed by atoms with Crippen LogP contribution in [-0.2, 0) is 17.6 Å². The van der Waals surface area contributed by atoms with Gasteiger partial charge in [-0.2, -0.15) is 0 Å². The minimum Gasteiger partial charge on any atom is -0.487 e. The molecule has 0 fully saturated rings. The van der Waals surface area contributed by atoms with Crippen LogP contribution in [0.1, 0.15) is 23.3 Å². The van der Waals surface area contributed by atoms with Crippen LogP contribution < -0.4 is 10.1 Å². The minimum atomic E-state index is -0.0738. The van der Waals surface area contributed by atoms with Gasteiger partial charge in [0.05, 0.1) is 6.54 Å². The molecule has 6 heteroatoms. The summed E-state index contributed by atoms with van der Waals surface area (Å²) in [7, 11) is 0. The van der Waals surface area contributed by atoms with Gasteiger partial charge in [-0.3, -0.25) is 9.78 Å². The van der Waals surface area contributed by atoms with E-state index in [1.54, 1.807) is 23.7 Å². The van der Waals surface area contributed by atoms with Gasteiger partial charge in [0.25, 0.3) is 0 Å². The average molecular weight is 413 g/mol. The summed E-state index contributed by atoms with van der Waals surface area (Å²) in [6.07, 6.45) is 6.52. The van der Waals surface area contributed by atoms with Crippen molar-refractivity contribution >= 4 is 28.8 Å². The fourth-order valence-electron chi connectivity index (χ4n) is 3.45. The van der Waals surface area contributed by atoms with Crippen molar-refractivity contribution in [2.45, 2.75) is 31.8 Å². The molecular weight excluding hydrogens is 392 g/mol. The first-order valence-corrected chi connectivity index (χ1v) is 10.6. The third kappa shape index (κ3) is 4.54. The molecule has 0 saturated carbocycles. The Morgan fingerprint density at radius 3 is 2.93 bits per heavy atom. The van der Waals surface area contributed by atoms with Crippen LogP contribution in [-0.4, -0.2) is 23.5 Å². The highest BCUT2D eigenvalue weighted by molar-refractivity contribution is 7.09. The minimum absolute atomic E-state index is 0.0727. The van der Waals surface area contributed by atoms with E-state index in [1.165, 1.54) is 4.88 Å². The van der Waals surface area contributed by atoms with Crippen molar-refractivity contribution in [2.75, 3.05) is 6.54 Å². The number of aryl methyl sites for hydroxylation is 1. The van der Waals surface area contributed by atoms with E-state index in [0.717, 1.165) is 41.7 Å². The van der Waals surface area contributed by atoms with Crippen molar-refractivity contribution in [2.24, 2.45) is 0 Å². The van der Waals surface area contributed by atoms with Crippen molar-refractivity contribution in [1.82, 2.24) is 10.3 Å². The van der Waals surface area contributed by atoms with E-state index in [0.29, 0.717) is 18.0 Å². The van der Waals surface area contributed by atoms with Gasteiger partial charge in [0, 0.05) is 46.3 Å². The number of ether oxygens (including phenoxy) is 1. The van der Waals surface area contributed by atoms with Crippen LogP contribution >= 0.6 is 22.9 Å². The van der Waals surface area contributed by atoms with E-state index in [1.807, 2.05) is 30.3 Å². The molecule has 3 heterocycles. The van der Waals surface area contributed by atoms with Gasteiger partial charge >= 0.3 is 0 Å². The van der Waals surface area contributed by atoms with Crippen molar-refractivity contribution in [3.05, 3.63) is 69.6 Å². The highest BCUT2D eigenvalue weighted by atomic mass is 35.5. The Balaban J connectivity index is 1.33. The number of halogens is 1. The standard InChI is InChI=1S/C22H21ClN2O2S/c23-17-11-16-12-18(14-25-21(26)5-1-3-19-4-2-10-28-19)27-22(16)20(13-17)15-6-8-24-9-7-15/h2,4,6-11,13,18H,1,3,5,12,14H2,(H,25,26). The number of pyridine rings is 1. The van der Waals surface area contributed by atoms with Gasteiger partial charge in [0.1, 0.15) is 11.9 Å². The zero-order valence-electron chi connectivity index (χ0n) is 15.4. The van der Waals surface area contributed by atoms with Gasteiger partial charge in [0.2, 0.25) is 5.91 Å². The summed E-state index contributed by atoms with van der Waals surface area (Å²) in [6.45, 7) is 0.500.